The summed E-state index contributed by atoms with van der Waals surface area (Å²) in [7, 11) is 0. The van der Waals surface area contributed by atoms with E-state index in [-0.39, 0.29) is 11.3 Å². The smallest absolute Gasteiger partial charge is 0.369 e. The molecule has 0 aliphatic heterocycles. The molecule has 1 aromatic rings. The van der Waals surface area contributed by atoms with Gasteiger partial charge in [0.15, 0.2) is 0 Å². The van der Waals surface area contributed by atoms with Crippen molar-refractivity contribution >= 4 is 11.5 Å². The summed E-state index contributed by atoms with van der Waals surface area (Å²) in [6.45, 7) is -0.684. The van der Waals surface area contributed by atoms with E-state index in [4.69, 9.17) is 10.8 Å². The Morgan fingerprint density at radius 3 is 2.67 bits per heavy atom. The van der Waals surface area contributed by atoms with Crippen molar-refractivity contribution in [1.29, 1.82) is 0 Å². The lowest BCUT2D eigenvalue weighted by Crippen LogP contribution is -2.06. The number of hydrogen-bond acceptors (Lipinski definition) is 5. The molecule has 1 aromatic heterocycles. The van der Waals surface area contributed by atoms with Crippen molar-refractivity contribution in [2.45, 2.75) is 13.0 Å². The molecule has 0 saturated heterocycles. The molecule has 0 radical (unpaired) electrons. The third kappa shape index (κ3) is 2.15. The Kier molecular flexibility index (Phi) is 3.10. The predicted octanol–water partition coefficient (Wildman–Crippen LogP) is 1.00. The van der Waals surface area contributed by atoms with E-state index < -0.39 is 29.5 Å². The maximum Gasteiger partial charge on any atom is 0.369 e. The molecule has 0 atom stereocenters. The number of aliphatic hydroxyl groups excluding tert-OH is 1. The quantitative estimate of drug-likeness (QED) is 0.583. The van der Waals surface area contributed by atoms with Gasteiger partial charge in [-0.1, -0.05) is 0 Å². The van der Waals surface area contributed by atoms with Crippen LogP contribution in [0.2, 0.25) is 0 Å². The maximum absolute atomic E-state index is 12.3. The van der Waals surface area contributed by atoms with Gasteiger partial charge in [0.2, 0.25) is 5.69 Å². The highest BCUT2D eigenvalue weighted by molar-refractivity contribution is 5.51. The Hall–Kier alpha value is -1.83. The van der Waals surface area contributed by atoms with E-state index in [1.54, 1.807) is 0 Å². The number of hydrogen-bond donors (Lipinski definition) is 2. The van der Waals surface area contributed by atoms with Crippen LogP contribution in [0.5, 0.6) is 0 Å². The van der Waals surface area contributed by atoms with Gasteiger partial charge in [0, 0.05) is 0 Å². The molecule has 0 aromatic carbocycles. The number of nitrogens with two attached hydrogens (primary N) is 1. The zero-order chi connectivity index (χ0) is 11.6. The van der Waals surface area contributed by atoms with Crippen LogP contribution in [0.1, 0.15) is 17.7 Å². The minimum atomic E-state index is -2.99. The number of nitrogens with zero attached hydrogens (tertiary/aromatic N) is 2. The first-order valence-electron chi connectivity index (χ1n) is 3.80. The molecule has 15 heavy (non-hydrogen) atoms. The molecule has 0 aliphatic rings. The van der Waals surface area contributed by atoms with Gasteiger partial charge in [0.1, 0.15) is 0 Å². The second-order valence-electron chi connectivity index (χ2n) is 2.66. The summed E-state index contributed by atoms with van der Waals surface area (Å²) >= 11 is 0. The van der Waals surface area contributed by atoms with E-state index in [1.807, 2.05) is 0 Å². The minimum absolute atomic E-state index is 0.193. The first kappa shape index (κ1) is 11.2. The van der Waals surface area contributed by atoms with Crippen LogP contribution in [-0.4, -0.2) is 15.0 Å². The van der Waals surface area contributed by atoms with Gasteiger partial charge < -0.3 is 21.0 Å². The molecule has 0 bridgehead atoms. The van der Waals surface area contributed by atoms with Crippen molar-refractivity contribution in [3.63, 3.8) is 0 Å². The first-order chi connectivity index (χ1) is 6.97. The summed E-state index contributed by atoms with van der Waals surface area (Å²) in [5.41, 5.74) is 3.77. The molecule has 3 N–H and O–H groups in total. The van der Waals surface area contributed by atoms with E-state index >= 15 is 0 Å². The van der Waals surface area contributed by atoms with Crippen molar-refractivity contribution in [3.8, 4) is 0 Å². The molecule has 82 valence electrons. The van der Waals surface area contributed by atoms with Gasteiger partial charge in [-0.05, 0) is 16.0 Å². The van der Waals surface area contributed by atoms with Crippen LogP contribution < -0.4 is 5.73 Å². The average molecular weight is 219 g/mol. The van der Waals surface area contributed by atoms with Crippen molar-refractivity contribution in [2.24, 2.45) is 0 Å². The number of pyridine rings is 1. The molecule has 0 saturated carbocycles. The fourth-order valence-electron chi connectivity index (χ4n) is 1.03. The highest BCUT2D eigenvalue weighted by atomic mass is 19.3. The molecule has 1 heterocycles. The van der Waals surface area contributed by atoms with Crippen LogP contribution >= 0.6 is 0 Å². The Bertz CT molecular complexity index is 397. The molecular weight excluding hydrogens is 212 g/mol. The molecule has 0 amide bonds. The summed E-state index contributed by atoms with van der Waals surface area (Å²) in [4.78, 5) is 12.6. The lowest BCUT2D eigenvalue weighted by Gasteiger charge is -2.03. The largest absolute Gasteiger partial charge is 0.395 e. The fraction of sp³-hybridized carbons (Fsp3) is 0.286. The Balaban J connectivity index is 3.37. The van der Waals surface area contributed by atoms with Crippen molar-refractivity contribution in [1.82, 2.24) is 4.98 Å². The van der Waals surface area contributed by atoms with E-state index in [2.05, 4.69) is 4.98 Å². The molecule has 0 spiro atoms. The number of rotatable bonds is 3. The SMILES string of the molecule is Nc1cc(CO)c([N+](=O)[O-])nc1C(F)F. The Morgan fingerprint density at radius 2 is 2.27 bits per heavy atom. The number of anilines is 1. The topological polar surface area (TPSA) is 102 Å². The second kappa shape index (κ2) is 4.13. The minimum Gasteiger partial charge on any atom is -0.395 e. The monoisotopic (exact) mass is 219 g/mol. The number of aliphatic hydroxyl groups is 1. The fourth-order valence-corrected chi connectivity index (χ4v) is 1.03. The van der Waals surface area contributed by atoms with Crippen molar-refractivity contribution in [3.05, 3.63) is 27.4 Å². The van der Waals surface area contributed by atoms with Gasteiger partial charge in [-0.15, -0.1) is 0 Å². The normalized spacial score (nSPS) is 10.7. The zero-order valence-electron chi connectivity index (χ0n) is 7.35. The highest BCUT2D eigenvalue weighted by Gasteiger charge is 2.25. The van der Waals surface area contributed by atoms with E-state index in [0.29, 0.717) is 0 Å². The Morgan fingerprint density at radius 1 is 1.67 bits per heavy atom. The number of halogens is 2. The number of nitro groups is 1. The van der Waals surface area contributed by atoms with Gasteiger partial charge >= 0.3 is 12.2 Å². The highest BCUT2D eigenvalue weighted by Crippen LogP contribution is 2.28. The molecular formula is C7H7F2N3O3. The van der Waals surface area contributed by atoms with Gasteiger partial charge in [0.25, 0.3) is 0 Å². The molecule has 6 nitrogen and oxygen atoms in total. The summed E-state index contributed by atoms with van der Waals surface area (Å²) in [6, 6.07) is 0.923. The van der Waals surface area contributed by atoms with Crippen LogP contribution in [0.25, 0.3) is 0 Å². The molecule has 1 rings (SSSR count). The lowest BCUT2D eigenvalue weighted by molar-refractivity contribution is -0.390. The second-order valence-corrected chi connectivity index (χ2v) is 2.66. The van der Waals surface area contributed by atoms with Crippen LogP contribution in [0.3, 0.4) is 0 Å². The Labute approximate surface area is 82.5 Å². The van der Waals surface area contributed by atoms with Gasteiger partial charge in [-0.2, -0.15) is 0 Å². The molecule has 0 unspecified atom stereocenters. The van der Waals surface area contributed by atoms with E-state index in [1.165, 1.54) is 0 Å². The first-order valence-corrected chi connectivity index (χ1v) is 3.80. The summed E-state index contributed by atoms with van der Waals surface area (Å²) in [5, 5.41) is 19.1. The number of alkyl halides is 2. The molecule has 0 fully saturated rings. The third-order valence-electron chi connectivity index (χ3n) is 1.69. The summed E-state index contributed by atoms with van der Waals surface area (Å²) in [6.07, 6.45) is -2.99. The lowest BCUT2D eigenvalue weighted by atomic mass is 10.2. The van der Waals surface area contributed by atoms with Crippen LogP contribution in [0.15, 0.2) is 6.07 Å². The van der Waals surface area contributed by atoms with Crippen LogP contribution in [-0.2, 0) is 6.61 Å². The number of nitrogen functional groups attached to an aromatic ring is 1. The maximum atomic E-state index is 12.3. The summed E-state index contributed by atoms with van der Waals surface area (Å²) < 4.78 is 24.6. The van der Waals surface area contributed by atoms with Crippen molar-refractivity contribution in [2.75, 3.05) is 5.73 Å². The number of aromatic nitrogens is 1. The van der Waals surface area contributed by atoms with Crippen molar-refractivity contribution < 1.29 is 18.8 Å². The van der Waals surface area contributed by atoms with Gasteiger partial charge in [-0.25, -0.2) is 8.78 Å². The average Bonchev–Trinajstić information content (AvgIpc) is 2.16. The van der Waals surface area contributed by atoms with E-state index in [9.17, 15) is 18.9 Å². The van der Waals surface area contributed by atoms with Gasteiger partial charge in [-0.3, -0.25) is 0 Å². The standard InChI is InChI=1S/C7H7F2N3O3/c8-6(9)5-4(10)1-3(2-13)7(11-5)12(14)15/h1,6,13H,2,10H2. The summed E-state index contributed by atoms with van der Waals surface area (Å²) in [5.74, 6) is -0.804. The third-order valence-corrected chi connectivity index (χ3v) is 1.69. The van der Waals surface area contributed by atoms with Crippen LogP contribution in [0, 0.1) is 10.1 Å². The molecule has 8 heteroatoms. The van der Waals surface area contributed by atoms with Gasteiger partial charge in [0.05, 0.1) is 17.9 Å². The van der Waals surface area contributed by atoms with E-state index in [0.717, 1.165) is 6.07 Å². The van der Waals surface area contributed by atoms with Crippen LogP contribution in [0.4, 0.5) is 20.3 Å². The predicted molar refractivity (Wildman–Crippen MR) is 46.2 cm³/mol. The molecule has 0 aliphatic carbocycles. The zero-order valence-corrected chi connectivity index (χ0v) is 7.35.